The summed E-state index contributed by atoms with van der Waals surface area (Å²) < 4.78 is 78.0. The number of halogens is 8. The van der Waals surface area contributed by atoms with Gasteiger partial charge in [0.05, 0.1) is 0 Å². The van der Waals surface area contributed by atoms with Crippen LogP contribution in [0, 0.1) is 0 Å². The van der Waals surface area contributed by atoms with Crippen molar-refractivity contribution < 1.29 is 54.3 Å². The second-order valence-corrected chi connectivity index (χ2v) is 3.35. The number of benzene rings is 1. The third-order valence-electron chi connectivity index (χ3n) is 1.68. The monoisotopic (exact) mass is 391 g/mol. The molecule has 1 rings (SSSR count). The van der Waals surface area contributed by atoms with E-state index in [0.29, 0.717) is 37.3 Å². The fourth-order valence-electron chi connectivity index (χ4n) is 0.985. The predicted octanol–water partition coefficient (Wildman–Crippen LogP) is 4.41. The van der Waals surface area contributed by atoms with Gasteiger partial charge >= 0.3 is 102 Å². The molecule has 0 saturated heterocycles. The summed E-state index contributed by atoms with van der Waals surface area (Å²) in [4.78, 5) is 0. The van der Waals surface area contributed by atoms with Crippen molar-refractivity contribution in [3.8, 4) is 5.75 Å². The fraction of sp³-hybridized carbons (Fsp3) is 0.250. The van der Waals surface area contributed by atoms with E-state index in [-0.39, 0.29) is 30.9 Å². The molecule has 1 aromatic rings. The second kappa shape index (κ2) is 7.01. The van der Waals surface area contributed by atoms with Crippen LogP contribution in [0.3, 0.4) is 0 Å². The zero-order valence-corrected chi connectivity index (χ0v) is 12.3. The molecule has 10 heteroatoms. The molecular formula is C8H5Cl2F6OZr. The van der Waals surface area contributed by atoms with Crippen molar-refractivity contribution in [3.63, 3.8) is 0 Å². The summed E-state index contributed by atoms with van der Waals surface area (Å²) in [7, 11) is 0. The van der Waals surface area contributed by atoms with Crippen molar-refractivity contribution in [2.45, 2.75) is 12.4 Å². The summed E-state index contributed by atoms with van der Waals surface area (Å²) in [5, 5.41) is 0. The topological polar surface area (TPSA) is 9.23 Å². The van der Waals surface area contributed by atoms with Crippen molar-refractivity contribution in [1.82, 2.24) is 0 Å². The first kappa shape index (κ1) is 20.4. The van der Waals surface area contributed by atoms with E-state index in [1.165, 1.54) is 0 Å². The summed E-state index contributed by atoms with van der Waals surface area (Å²) in [6.45, 7) is 0. The van der Waals surface area contributed by atoms with E-state index in [2.05, 4.69) is 2.81 Å². The Kier molecular flexibility index (Phi) is 7.94. The Balaban J connectivity index is 0. The molecule has 0 aromatic heterocycles. The third-order valence-corrected chi connectivity index (χ3v) is 2.26. The van der Waals surface area contributed by atoms with Gasteiger partial charge in [-0.1, -0.05) is 0 Å². The molecule has 0 spiro atoms. The quantitative estimate of drug-likeness (QED) is 0.643. The molecule has 0 bridgehead atoms. The minimum absolute atomic E-state index is 0. The van der Waals surface area contributed by atoms with Crippen molar-refractivity contribution >= 4 is 24.8 Å². The Bertz CT molecular complexity index is 360. The van der Waals surface area contributed by atoms with Crippen molar-refractivity contribution in [1.29, 1.82) is 0 Å². The van der Waals surface area contributed by atoms with E-state index in [4.69, 9.17) is 0 Å². The molecule has 0 heterocycles. The third kappa shape index (κ3) is 5.37. The molecule has 0 aliphatic carbocycles. The summed E-state index contributed by atoms with van der Waals surface area (Å²) >= 11 is 0.358. The van der Waals surface area contributed by atoms with Gasteiger partial charge in [0, 0.05) is 0 Å². The average Bonchev–Trinajstić information content (AvgIpc) is 2.14. The van der Waals surface area contributed by atoms with Gasteiger partial charge in [0.2, 0.25) is 0 Å². The molecule has 0 aliphatic rings. The molecule has 1 nitrogen and oxygen atoms in total. The van der Waals surface area contributed by atoms with Crippen LogP contribution in [0.4, 0.5) is 26.3 Å². The zero-order valence-electron chi connectivity index (χ0n) is 8.22. The van der Waals surface area contributed by atoms with Crippen LogP contribution in [0.25, 0.3) is 0 Å². The van der Waals surface area contributed by atoms with Gasteiger partial charge in [-0.15, -0.1) is 24.8 Å². The molecule has 1 aromatic carbocycles. The van der Waals surface area contributed by atoms with Crippen LogP contribution in [-0.4, -0.2) is 0 Å². The van der Waals surface area contributed by atoms with E-state index < -0.39 is 29.2 Å². The normalized spacial score (nSPS) is 11.2. The van der Waals surface area contributed by atoms with Gasteiger partial charge in [-0.2, -0.15) is 0 Å². The Labute approximate surface area is 126 Å². The van der Waals surface area contributed by atoms with E-state index >= 15 is 0 Å². The Hall–Kier alpha value is 0.0631. The van der Waals surface area contributed by atoms with Crippen molar-refractivity contribution in [2.75, 3.05) is 0 Å². The molecule has 0 N–H and O–H groups in total. The minimum atomic E-state index is -4.83. The first-order valence-corrected chi connectivity index (χ1v) is 4.78. The van der Waals surface area contributed by atoms with Gasteiger partial charge in [0.15, 0.2) is 0 Å². The van der Waals surface area contributed by atoms with Crippen molar-refractivity contribution in [3.05, 3.63) is 29.3 Å². The standard InChI is InChI=1S/C8H4F6O.2ClH.Zr/c9-7(10,11)4-1-5(8(12,13)14)3-6(15)2-4;;;/h1-3,15H;2*1H;/q;;;+1/p-1. The number of hydrogen-bond donors (Lipinski definition) is 0. The number of alkyl halides is 6. The van der Waals surface area contributed by atoms with Crippen LogP contribution in [-0.2, 0) is 37.5 Å². The van der Waals surface area contributed by atoms with Crippen LogP contribution in [0.2, 0.25) is 0 Å². The first-order valence-electron chi connectivity index (χ1n) is 3.77. The molecule has 0 radical (unpaired) electrons. The van der Waals surface area contributed by atoms with E-state index in [9.17, 15) is 26.3 Å². The molecule has 0 saturated carbocycles. The van der Waals surface area contributed by atoms with Gasteiger partial charge in [-0.05, 0) is 0 Å². The Morgan fingerprint density at radius 2 is 1.11 bits per heavy atom. The van der Waals surface area contributed by atoms with E-state index in [1.54, 1.807) is 0 Å². The molecule has 0 unspecified atom stereocenters. The molecule has 0 atom stereocenters. The molecule has 0 aliphatic heterocycles. The van der Waals surface area contributed by atoms with Gasteiger partial charge in [0.25, 0.3) is 0 Å². The maximum atomic E-state index is 12.3. The van der Waals surface area contributed by atoms with Gasteiger partial charge in [0.1, 0.15) is 0 Å². The van der Waals surface area contributed by atoms with Gasteiger partial charge < -0.3 is 0 Å². The number of rotatable bonds is 1. The molecule has 103 valence electrons. The van der Waals surface area contributed by atoms with E-state index in [1.807, 2.05) is 0 Å². The van der Waals surface area contributed by atoms with Crippen molar-refractivity contribution in [2.24, 2.45) is 0 Å². The zero-order chi connectivity index (χ0) is 12.6. The molecular weight excluding hydrogens is 388 g/mol. The van der Waals surface area contributed by atoms with Crippen LogP contribution < -0.4 is 2.81 Å². The molecule has 0 amide bonds. The summed E-state index contributed by atoms with van der Waals surface area (Å²) in [6.07, 6.45) is -9.66. The Morgan fingerprint density at radius 3 is 1.33 bits per heavy atom. The van der Waals surface area contributed by atoms with Crippen LogP contribution in [0.5, 0.6) is 5.75 Å². The SMILES string of the molecule is Cl.Cl.FC(F)(F)c1cc([O][Zr])cc(C(F)(F)F)c1. The van der Waals surface area contributed by atoms with Crippen LogP contribution in [0.15, 0.2) is 18.2 Å². The fourth-order valence-corrected chi connectivity index (χ4v) is 1.27. The van der Waals surface area contributed by atoms with Crippen LogP contribution in [0.1, 0.15) is 11.1 Å². The predicted molar refractivity (Wildman–Crippen MR) is 51.6 cm³/mol. The maximum absolute atomic E-state index is 12.3. The average molecular weight is 393 g/mol. The summed E-state index contributed by atoms with van der Waals surface area (Å²) in [5.74, 6) is -0.444. The first-order chi connectivity index (χ1) is 7.14. The number of hydrogen-bond acceptors (Lipinski definition) is 1. The van der Waals surface area contributed by atoms with E-state index in [0.717, 1.165) is 0 Å². The van der Waals surface area contributed by atoms with Gasteiger partial charge in [-0.3, -0.25) is 0 Å². The Morgan fingerprint density at radius 1 is 0.778 bits per heavy atom. The molecule has 18 heavy (non-hydrogen) atoms. The molecule has 0 fully saturated rings. The summed E-state index contributed by atoms with van der Waals surface area (Å²) in [5.41, 5.74) is -2.75. The van der Waals surface area contributed by atoms with Gasteiger partial charge in [-0.25, -0.2) is 0 Å². The van der Waals surface area contributed by atoms with Crippen LogP contribution >= 0.6 is 24.8 Å². The second-order valence-electron chi connectivity index (χ2n) is 2.84. The summed E-state index contributed by atoms with van der Waals surface area (Å²) in [6, 6.07) is 1.12.